The highest BCUT2D eigenvalue weighted by Gasteiger charge is 2.37. The Bertz CT molecular complexity index is 1680. The molecule has 1 heterocycles. The van der Waals surface area contributed by atoms with E-state index in [9.17, 15) is 36.3 Å². The minimum absolute atomic E-state index is 0.0225. The van der Waals surface area contributed by atoms with Crippen LogP contribution in [-0.4, -0.2) is 95.7 Å². The number of nitrogens with one attached hydrogen (secondary N) is 4. The Labute approximate surface area is 334 Å². The van der Waals surface area contributed by atoms with Gasteiger partial charge in [-0.15, -0.1) is 0 Å². The van der Waals surface area contributed by atoms with Crippen LogP contribution in [0.5, 0.6) is 0 Å². The molecule has 1 saturated carbocycles. The average Bonchev–Trinajstić information content (AvgIpc) is 3.62. The summed E-state index contributed by atoms with van der Waals surface area (Å²) in [6.07, 6.45) is 11.0. The molecule has 318 valence electrons. The van der Waals surface area contributed by atoms with Gasteiger partial charge in [-0.05, 0) is 63.9 Å². The van der Waals surface area contributed by atoms with Gasteiger partial charge in [0.2, 0.25) is 17.7 Å². The number of benzene rings is 1. The van der Waals surface area contributed by atoms with Crippen molar-refractivity contribution in [2.45, 2.75) is 135 Å². The number of rotatable bonds is 20. The van der Waals surface area contributed by atoms with Crippen molar-refractivity contribution < 1.29 is 40.9 Å². The van der Waals surface area contributed by atoms with E-state index in [1.54, 1.807) is 27.0 Å². The molecule has 5 atom stereocenters. The molecule has 0 spiro atoms. The molecule has 0 bridgehead atoms. The Hall–Kier alpha value is -3.34. The highest BCUT2D eigenvalue weighted by atomic mass is 32.2. The van der Waals surface area contributed by atoms with E-state index < -0.39 is 66.5 Å². The second-order valence-electron chi connectivity index (χ2n) is 16.5. The molecule has 6 N–H and O–H groups in total. The van der Waals surface area contributed by atoms with Crippen LogP contribution >= 0.6 is 0 Å². The first-order valence-corrected chi connectivity index (χ1v) is 23.3. The minimum Gasteiger partial charge on any atom is -0.391 e. The fraction of sp³-hybridized carbons (Fsp3) is 0.700. The van der Waals surface area contributed by atoms with E-state index in [-0.39, 0.29) is 36.8 Å². The first-order chi connectivity index (χ1) is 26.1. The molecule has 0 radical (unpaired) electrons. The fourth-order valence-corrected chi connectivity index (χ4v) is 8.06. The lowest BCUT2D eigenvalue weighted by Gasteiger charge is -2.33. The third-order valence-electron chi connectivity index (χ3n) is 10.2. The quantitative estimate of drug-likeness (QED) is 0.0815. The zero-order valence-corrected chi connectivity index (χ0v) is 35.9. The van der Waals surface area contributed by atoms with E-state index in [4.69, 9.17) is 4.55 Å². The highest BCUT2D eigenvalue weighted by molar-refractivity contribution is 7.92. The molecule has 3 rings (SSSR count). The number of aliphatic hydroxyl groups is 1. The summed E-state index contributed by atoms with van der Waals surface area (Å²) in [6, 6.07) is 7.52. The minimum atomic E-state index is -3.69. The SMILES string of the molecule is CCCCNC(=O)[C@@H](C[C@H](O)[C@H](CC1CCCCC1)NC(=O)[C@H](Cc1cnc[nH]1)NC(=O)[C@H](Cc1ccccc1)CS(=O)(=O)C(C)(C)C)C(C)C.CS(=O)(=O)O. The second kappa shape index (κ2) is 23.2. The number of imidazole rings is 1. The van der Waals surface area contributed by atoms with Crippen molar-refractivity contribution >= 4 is 37.7 Å². The van der Waals surface area contributed by atoms with Gasteiger partial charge in [-0.2, -0.15) is 8.42 Å². The van der Waals surface area contributed by atoms with Gasteiger partial charge in [0.05, 0.1) is 41.1 Å². The van der Waals surface area contributed by atoms with E-state index in [0.717, 1.165) is 50.5 Å². The van der Waals surface area contributed by atoms with Crippen LogP contribution in [0.4, 0.5) is 0 Å². The van der Waals surface area contributed by atoms with Crippen LogP contribution in [0.1, 0.15) is 111 Å². The molecule has 0 unspecified atom stereocenters. The molecule has 2 aromatic rings. The van der Waals surface area contributed by atoms with E-state index >= 15 is 0 Å². The lowest BCUT2D eigenvalue weighted by atomic mass is 9.81. The number of unbranched alkanes of at least 4 members (excludes halogenated alkanes) is 1. The first-order valence-electron chi connectivity index (χ1n) is 19.8. The van der Waals surface area contributed by atoms with E-state index in [1.165, 1.54) is 6.33 Å². The van der Waals surface area contributed by atoms with Gasteiger partial charge in [-0.25, -0.2) is 13.4 Å². The van der Waals surface area contributed by atoms with Crippen LogP contribution in [0.2, 0.25) is 0 Å². The Morgan fingerprint density at radius 1 is 0.946 bits per heavy atom. The molecule has 1 fully saturated rings. The second-order valence-corrected chi connectivity index (χ2v) is 20.8. The van der Waals surface area contributed by atoms with Crippen LogP contribution in [0.3, 0.4) is 0 Å². The summed E-state index contributed by atoms with van der Waals surface area (Å²) in [5.41, 5.74) is 1.43. The average molecular weight is 826 g/mol. The number of aromatic amines is 1. The van der Waals surface area contributed by atoms with Crippen molar-refractivity contribution in [2.75, 3.05) is 18.6 Å². The largest absolute Gasteiger partial charge is 0.391 e. The van der Waals surface area contributed by atoms with Gasteiger partial charge in [0.25, 0.3) is 10.1 Å². The summed E-state index contributed by atoms with van der Waals surface area (Å²) < 4.78 is 51.5. The Balaban J connectivity index is 0.00000203. The van der Waals surface area contributed by atoms with Crippen molar-refractivity contribution in [1.29, 1.82) is 0 Å². The van der Waals surface area contributed by atoms with Crippen LogP contribution in [0, 0.1) is 23.7 Å². The van der Waals surface area contributed by atoms with Gasteiger partial charge >= 0.3 is 0 Å². The smallest absolute Gasteiger partial charge is 0.261 e. The molecule has 3 amide bonds. The summed E-state index contributed by atoms with van der Waals surface area (Å²) in [4.78, 5) is 48.6. The zero-order valence-electron chi connectivity index (χ0n) is 34.3. The van der Waals surface area contributed by atoms with Gasteiger partial charge in [-0.3, -0.25) is 18.9 Å². The Morgan fingerprint density at radius 3 is 2.11 bits per heavy atom. The normalized spacial score (nSPS) is 16.8. The third-order valence-corrected chi connectivity index (χ3v) is 12.9. The summed E-state index contributed by atoms with van der Waals surface area (Å²) in [5.74, 6) is -2.60. The number of hydrogen-bond donors (Lipinski definition) is 6. The molecule has 14 nitrogen and oxygen atoms in total. The molecule has 1 aromatic heterocycles. The number of amides is 3. The van der Waals surface area contributed by atoms with Gasteiger partial charge in [0, 0.05) is 30.8 Å². The summed E-state index contributed by atoms with van der Waals surface area (Å²) in [6.45, 7) is 11.4. The number of aromatic nitrogens is 2. The molecule has 1 aromatic carbocycles. The zero-order chi connectivity index (χ0) is 42.1. The van der Waals surface area contributed by atoms with Gasteiger partial charge in [0.1, 0.15) is 6.04 Å². The van der Waals surface area contributed by atoms with E-state index in [2.05, 4.69) is 32.8 Å². The van der Waals surface area contributed by atoms with Crippen molar-refractivity contribution in [2.24, 2.45) is 23.7 Å². The summed E-state index contributed by atoms with van der Waals surface area (Å²) >= 11 is 0. The van der Waals surface area contributed by atoms with Crippen molar-refractivity contribution in [1.82, 2.24) is 25.9 Å². The van der Waals surface area contributed by atoms with Gasteiger partial charge in [0.15, 0.2) is 9.84 Å². The molecule has 1 aliphatic rings. The number of aliphatic hydroxyl groups excluding tert-OH is 1. The number of carbonyl (C=O) groups is 3. The standard InChI is InChI=1S/C39H63N5O6S.CH4O3S/c1-7-8-19-41-37(47)32(27(2)3)23-35(45)33(21-29-17-13-10-14-18-29)43-38(48)34(22-31-24-40-26-42-31)44-36(46)30(20-28-15-11-9-12-16-28)25-51(49,50)39(4,5)6;1-5(2,3)4/h9,11-12,15-16,24,26-27,29-30,32-35,45H,7-8,10,13-14,17-23,25H2,1-6H3,(H,40,42)(H,41,47)(H,43,48)(H,44,46);1H3,(H,2,3,4)/t30-,32+,33+,34+,35+;/m1./s1. The van der Waals surface area contributed by atoms with Gasteiger partial charge in [-0.1, -0.05) is 89.6 Å². The third kappa shape index (κ3) is 18.3. The number of nitrogens with zero attached hydrogens (tertiary/aromatic N) is 1. The summed E-state index contributed by atoms with van der Waals surface area (Å²) in [5, 5.41) is 20.7. The maximum absolute atomic E-state index is 14.2. The molecule has 0 aliphatic heterocycles. The Morgan fingerprint density at radius 2 is 1.57 bits per heavy atom. The maximum Gasteiger partial charge on any atom is 0.261 e. The monoisotopic (exact) mass is 825 g/mol. The number of H-pyrrole nitrogens is 1. The van der Waals surface area contributed by atoms with Crippen molar-refractivity contribution in [3.63, 3.8) is 0 Å². The van der Waals surface area contributed by atoms with E-state index in [1.807, 2.05) is 44.2 Å². The Kier molecular flexibility index (Phi) is 20.2. The predicted molar refractivity (Wildman–Crippen MR) is 219 cm³/mol. The summed E-state index contributed by atoms with van der Waals surface area (Å²) in [7, 11) is -7.36. The predicted octanol–water partition coefficient (Wildman–Crippen LogP) is 4.41. The topological polar surface area (TPSA) is 225 Å². The molecular weight excluding hydrogens is 759 g/mol. The molecule has 0 saturated heterocycles. The van der Waals surface area contributed by atoms with Crippen molar-refractivity contribution in [3.05, 3.63) is 54.1 Å². The lowest BCUT2D eigenvalue weighted by molar-refractivity contribution is -0.132. The number of hydrogen-bond acceptors (Lipinski definition) is 9. The van der Waals surface area contributed by atoms with Crippen molar-refractivity contribution in [3.8, 4) is 0 Å². The van der Waals surface area contributed by atoms with Crippen LogP contribution in [0.25, 0.3) is 0 Å². The highest BCUT2D eigenvalue weighted by Crippen LogP contribution is 2.30. The number of sulfone groups is 1. The van der Waals surface area contributed by atoms with E-state index in [0.29, 0.717) is 30.8 Å². The lowest BCUT2D eigenvalue weighted by Crippen LogP contribution is -2.55. The van der Waals surface area contributed by atoms with Crippen LogP contribution in [-0.2, 0) is 47.2 Å². The molecule has 1 aliphatic carbocycles. The maximum atomic E-state index is 14.2. The first kappa shape index (κ1) is 48.8. The van der Waals surface area contributed by atoms with Crippen LogP contribution in [0.15, 0.2) is 42.9 Å². The number of carbonyl (C=O) groups excluding carboxylic acids is 3. The van der Waals surface area contributed by atoms with Gasteiger partial charge < -0.3 is 26.0 Å². The fourth-order valence-electron chi connectivity index (χ4n) is 6.76. The molecule has 56 heavy (non-hydrogen) atoms. The molecular formula is C40H67N5O9S2. The van der Waals surface area contributed by atoms with Crippen LogP contribution < -0.4 is 16.0 Å². The molecule has 16 heteroatoms.